The lowest BCUT2D eigenvalue weighted by Crippen LogP contribution is -2.31. The standard InChI is InChI=1S/C13H19NOS/c1-4-14(11-5-6-11)8-13(15)12-7-9(2)16-10(12)3/h7,11H,4-6,8H2,1-3H3. The van der Waals surface area contributed by atoms with E-state index in [1.807, 2.05) is 13.0 Å². The fourth-order valence-electron chi connectivity index (χ4n) is 2.12. The molecule has 0 radical (unpaired) electrons. The van der Waals surface area contributed by atoms with Crippen molar-refractivity contribution in [3.63, 3.8) is 0 Å². The molecule has 1 aliphatic carbocycles. The van der Waals surface area contributed by atoms with Crippen molar-refractivity contribution < 1.29 is 4.79 Å². The van der Waals surface area contributed by atoms with Crippen LogP contribution >= 0.6 is 11.3 Å². The van der Waals surface area contributed by atoms with Gasteiger partial charge in [-0.2, -0.15) is 0 Å². The highest BCUT2D eigenvalue weighted by molar-refractivity contribution is 7.12. The van der Waals surface area contributed by atoms with E-state index in [0.29, 0.717) is 12.6 Å². The van der Waals surface area contributed by atoms with Gasteiger partial charge in [0.2, 0.25) is 0 Å². The number of likely N-dealkylation sites (N-methyl/N-ethyl adjacent to an activating group) is 1. The van der Waals surface area contributed by atoms with Crippen LogP contribution in [0.4, 0.5) is 0 Å². The van der Waals surface area contributed by atoms with E-state index >= 15 is 0 Å². The first-order chi connectivity index (χ1) is 7.61. The Labute approximate surface area is 101 Å². The van der Waals surface area contributed by atoms with Gasteiger partial charge in [0.15, 0.2) is 5.78 Å². The van der Waals surface area contributed by atoms with Gasteiger partial charge in [0.1, 0.15) is 0 Å². The van der Waals surface area contributed by atoms with Gasteiger partial charge >= 0.3 is 0 Å². The summed E-state index contributed by atoms with van der Waals surface area (Å²) in [7, 11) is 0. The summed E-state index contributed by atoms with van der Waals surface area (Å²) in [6.45, 7) is 7.82. The van der Waals surface area contributed by atoms with Crippen molar-refractivity contribution in [2.75, 3.05) is 13.1 Å². The third kappa shape index (κ3) is 2.53. The van der Waals surface area contributed by atoms with Crippen molar-refractivity contribution >= 4 is 17.1 Å². The van der Waals surface area contributed by atoms with Crippen molar-refractivity contribution in [1.82, 2.24) is 4.90 Å². The molecule has 0 aliphatic heterocycles. The molecule has 0 aromatic carbocycles. The number of aryl methyl sites for hydroxylation is 2. The topological polar surface area (TPSA) is 20.3 Å². The zero-order valence-corrected chi connectivity index (χ0v) is 11.1. The maximum atomic E-state index is 12.1. The van der Waals surface area contributed by atoms with E-state index in [-0.39, 0.29) is 5.78 Å². The minimum Gasteiger partial charge on any atom is -0.293 e. The van der Waals surface area contributed by atoms with Crippen LogP contribution in [-0.2, 0) is 0 Å². The van der Waals surface area contributed by atoms with Gasteiger partial charge in [-0.1, -0.05) is 6.92 Å². The summed E-state index contributed by atoms with van der Waals surface area (Å²) in [5.41, 5.74) is 0.932. The Balaban J connectivity index is 2.04. The highest BCUT2D eigenvalue weighted by atomic mass is 32.1. The molecule has 2 nitrogen and oxygen atoms in total. The molecule has 0 atom stereocenters. The number of hydrogen-bond donors (Lipinski definition) is 0. The molecular weight excluding hydrogens is 218 g/mol. The number of carbonyl (C=O) groups is 1. The van der Waals surface area contributed by atoms with Crippen LogP contribution in [0.5, 0.6) is 0 Å². The van der Waals surface area contributed by atoms with Gasteiger partial charge in [0.05, 0.1) is 6.54 Å². The summed E-state index contributed by atoms with van der Waals surface area (Å²) in [6.07, 6.45) is 2.53. The largest absolute Gasteiger partial charge is 0.293 e. The van der Waals surface area contributed by atoms with Crippen molar-refractivity contribution in [3.05, 3.63) is 21.4 Å². The highest BCUT2D eigenvalue weighted by Crippen LogP contribution is 2.27. The first kappa shape index (κ1) is 11.8. The number of ketones is 1. The molecule has 2 rings (SSSR count). The van der Waals surface area contributed by atoms with Crippen LogP contribution < -0.4 is 0 Å². The van der Waals surface area contributed by atoms with Gasteiger partial charge in [0, 0.05) is 21.4 Å². The highest BCUT2D eigenvalue weighted by Gasteiger charge is 2.29. The summed E-state index contributed by atoms with van der Waals surface area (Å²) in [5.74, 6) is 0.288. The Morgan fingerprint density at radius 1 is 1.50 bits per heavy atom. The van der Waals surface area contributed by atoms with E-state index in [1.165, 1.54) is 17.7 Å². The lowest BCUT2D eigenvalue weighted by molar-refractivity contribution is 0.0928. The second-order valence-corrected chi connectivity index (χ2v) is 6.00. The molecule has 3 heteroatoms. The molecule has 1 aromatic heterocycles. The number of hydrogen-bond acceptors (Lipinski definition) is 3. The van der Waals surface area contributed by atoms with Gasteiger partial charge in [0.25, 0.3) is 0 Å². The SMILES string of the molecule is CCN(CC(=O)c1cc(C)sc1C)C1CC1. The molecule has 1 aromatic rings. The smallest absolute Gasteiger partial charge is 0.177 e. The number of carbonyl (C=O) groups excluding carboxylic acids is 1. The minimum absolute atomic E-state index is 0.288. The van der Waals surface area contributed by atoms with Crippen LogP contribution in [0.25, 0.3) is 0 Å². The predicted octanol–water partition coefficient (Wildman–Crippen LogP) is 3.03. The number of nitrogens with zero attached hydrogens (tertiary/aromatic N) is 1. The van der Waals surface area contributed by atoms with Gasteiger partial charge in [-0.15, -0.1) is 11.3 Å². The minimum atomic E-state index is 0.288. The molecule has 0 spiro atoms. The van der Waals surface area contributed by atoms with Gasteiger partial charge < -0.3 is 0 Å². The maximum absolute atomic E-state index is 12.1. The average Bonchev–Trinajstić information content (AvgIpc) is 3.01. The molecule has 0 unspecified atom stereocenters. The van der Waals surface area contributed by atoms with Crippen LogP contribution in [0.15, 0.2) is 6.07 Å². The Kier molecular flexibility index (Phi) is 3.45. The predicted molar refractivity (Wildman–Crippen MR) is 68.4 cm³/mol. The second kappa shape index (κ2) is 4.68. The molecule has 1 heterocycles. The summed E-state index contributed by atoms with van der Waals surface area (Å²) in [6, 6.07) is 2.71. The molecule has 0 saturated heterocycles. The van der Waals surface area contributed by atoms with Crippen molar-refractivity contribution in [2.45, 2.75) is 39.7 Å². The van der Waals surface area contributed by atoms with Gasteiger partial charge in [-0.05, 0) is 39.3 Å². The number of Topliss-reactive ketones (excluding diaryl/α,β-unsaturated/α-hetero) is 1. The molecule has 1 fully saturated rings. The number of thiophene rings is 1. The molecule has 1 aliphatic rings. The fraction of sp³-hybridized carbons (Fsp3) is 0.615. The van der Waals surface area contributed by atoms with E-state index in [2.05, 4.69) is 18.7 Å². The van der Waals surface area contributed by atoms with E-state index in [9.17, 15) is 4.79 Å². The van der Waals surface area contributed by atoms with Crippen molar-refractivity contribution in [1.29, 1.82) is 0 Å². The van der Waals surface area contributed by atoms with Crippen LogP contribution in [0.1, 0.15) is 39.9 Å². The average molecular weight is 237 g/mol. The van der Waals surface area contributed by atoms with Crippen molar-refractivity contribution in [3.8, 4) is 0 Å². The molecule has 0 amide bonds. The first-order valence-electron chi connectivity index (χ1n) is 5.96. The zero-order valence-electron chi connectivity index (χ0n) is 10.2. The van der Waals surface area contributed by atoms with E-state index in [0.717, 1.165) is 17.0 Å². The fourth-order valence-corrected chi connectivity index (χ4v) is 3.06. The first-order valence-corrected chi connectivity index (χ1v) is 6.77. The molecular formula is C13H19NOS. The van der Waals surface area contributed by atoms with Crippen LogP contribution in [0.3, 0.4) is 0 Å². The third-order valence-electron chi connectivity index (χ3n) is 3.16. The summed E-state index contributed by atoms with van der Waals surface area (Å²) < 4.78 is 0. The molecule has 1 saturated carbocycles. The van der Waals surface area contributed by atoms with Crippen LogP contribution in [0, 0.1) is 13.8 Å². The van der Waals surface area contributed by atoms with E-state index < -0.39 is 0 Å². The molecule has 16 heavy (non-hydrogen) atoms. The maximum Gasteiger partial charge on any atom is 0.177 e. The Bertz CT molecular complexity index is 393. The third-order valence-corrected chi connectivity index (χ3v) is 4.12. The number of rotatable bonds is 5. The molecule has 0 N–H and O–H groups in total. The van der Waals surface area contributed by atoms with Gasteiger partial charge in [-0.25, -0.2) is 0 Å². The van der Waals surface area contributed by atoms with E-state index in [1.54, 1.807) is 11.3 Å². The summed E-state index contributed by atoms with van der Waals surface area (Å²) in [5, 5.41) is 0. The summed E-state index contributed by atoms with van der Waals surface area (Å²) >= 11 is 1.72. The lowest BCUT2D eigenvalue weighted by Gasteiger charge is -2.18. The molecule has 88 valence electrons. The Morgan fingerprint density at radius 2 is 2.19 bits per heavy atom. The second-order valence-electron chi connectivity index (χ2n) is 4.54. The lowest BCUT2D eigenvalue weighted by atomic mass is 10.1. The van der Waals surface area contributed by atoms with Crippen LogP contribution in [0.2, 0.25) is 0 Å². The monoisotopic (exact) mass is 237 g/mol. The quantitative estimate of drug-likeness (QED) is 0.734. The normalized spacial score (nSPS) is 15.8. The van der Waals surface area contributed by atoms with Crippen LogP contribution in [-0.4, -0.2) is 29.8 Å². The summed E-state index contributed by atoms with van der Waals surface area (Å²) in [4.78, 5) is 16.8. The van der Waals surface area contributed by atoms with E-state index in [4.69, 9.17) is 0 Å². The Hall–Kier alpha value is -0.670. The van der Waals surface area contributed by atoms with Crippen molar-refractivity contribution in [2.24, 2.45) is 0 Å². The van der Waals surface area contributed by atoms with Gasteiger partial charge in [-0.3, -0.25) is 9.69 Å². The molecule has 0 bridgehead atoms. The zero-order chi connectivity index (χ0) is 11.7. The Morgan fingerprint density at radius 3 is 2.62 bits per heavy atom.